The normalized spacial score (nSPS) is 27.6. The zero-order valence-electron chi connectivity index (χ0n) is 7.67. The van der Waals surface area contributed by atoms with Crippen LogP contribution in [0, 0.1) is 0 Å². The zero-order chi connectivity index (χ0) is 9.97. The molecule has 0 bridgehead atoms. The van der Waals surface area contributed by atoms with Gasteiger partial charge >= 0.3 is 0 Å². The third kappa shape index (κ3) is 2.45. The van der Waals surface area contributed by atoms with E-state index >= 15 is 0 Å². The number of halogens is 2. The van der Waals surface area contributed by atoms with E-state index in [1.54, 1.807) is 6.20 Å². The van der Waals surface area contributed by atoms with Crippen LogP contribution in [0.2, 0.25) is 0 Å². The number of thiazole rings is 1. The van der Waals surface area contributed by atoms with Crippen molar-refractivity contribution < 1.29 is 4.39 Å². The molecule has 0 amide bonds. The van der Waals surface area contributed by atoms with Crippen molar-refractivity contribution in [3.05, 3.63) is 9.98 Å². The summed E-state index contributed by atoms with van der Waals surface area (Å²) >= 11 is 4.85. The minimum absolute atomic E-state index is 0.0400. The van der Waals surface area contributed by atoms with Gasteiger partial charge in [-0.25, -0.2) is 9.37 Å². The summed E-state index contributed by atoms with van der Waals surface area (Å²) in [4.78, 5) is 4.14. The van der Waals surface area contributed by atoms with E-state index in [0.29, 0.717) is 6.42 Å². The summed E-state index contributed by atoms with van der Waals surface area (Å²) in [5.74, 6) is 0. The SMILES string of the molecule is F[C@@H]1CCCC[C@H]1Nc1ncc(Br)s1. The van der Waals surface area contributed by atoms with Crippen molar-refractivity contribution in [2.75, 3.05) is 5.32 Å². The van der Waals surface area contributed by atoms with E-state index in [0.717, 1.165) is 28.2 Å². The predicted molar refractivity (Wildman–Crippen MR) is 60.6 cm³/mol. The van der Waals surface area contributed by atoms with Gasteiger partial charge in [-0.05, 0) is 28.8 Å². The van der Waals surface area contributed by atoms with Gasteiger partial charge in [-0.3, -0.25) is 0 Å². The molecule has 1 saturated carbocycles. The number of rotatable bonds is 2. The number of anilines is 1. The lowest BCUT2D eigenvalue weighted by Gasteiger charge is -2.26. The summed E-state index contributed by atoms with van der Waals surface area (Å²) in [6.07, 6.45) is 4.75. The smallest absolute Gasteiger partial charge is 0.184 e. The number of aromatic nitrogens is 1. The molecular formula is C9H12BrFN2S. The summed E-state index contributed by atoms with van der Waals surface area (Å²) in [5.41, 5.74) is 0. The fourth-order valence-electron chi connectivity index (χ4n) is 1.73. The Kier molecular flexibility index (Phi) is 3.38. The highest BCUT2D eigenvalue weighted by Crippen LogP contribution is 2.28. The highest BCUT2D eigenvalue weighted by molar-refractivity contribution is 9.11. The molecule has 78 valence electrons. The molecule has 0 spiro atoms. The van der Waals surface area contributed by atoms with Crippen molar-refractivity contribution >= 4 is 32.4 Å². The Labute approximate surface area is 95.1 Å². The fourth-order valence-corrected chi connectivity index (χ4v) is 2.90. The summed E-state index contributed by atoms with van der Waals surface area (Å²) in [6.45, 7) is 0. The molecule has 0 aliphatic heterocycles. The van der Waals surface area contributed by atoms with Crippen molar-refractivity contribution in [3.63, 3.8) is 0 Å². The van der Waals surface area contributed by atoms with Gasteiger partial charge in [-0.1, -0.05) is 24.2 Å². The molecule has 2 nitrogen and oxygen atoms in total. The topological polar surface area (TPSA) is 24.9 Å². The van der Waals surface area contributed by atoms with E-state index in [2.05, 4.69) is 26.2 Å². The lowest BCUT2D eigenvalue weighted by molar-refractivity contribution is 0.230. The van der Waals surface area contributed by atoms with E-state index in [1.807, 2.05) is 0 Å². The molecule has 2 atom stereocenters. The third-order valence-electron chi connectivity index (χ3n) is 2.47. The number of nitrogens with one attached hydrogen (secondary N) is 1. The quantitative estimate of drug-likeness (QED) is 0.894. The summed E-state index contributed by atoms with van der Waals surface area (Å²) in [7, 11) is 0. The van der Waals surface area contributed by atoms with Gasteiger partial charge in [0.2, 0.25) is 0 Å². The van der Waals surface area contributed by atoms with Crippen LogP contribution < -0.4 is 5.32 Å². The molecule has 1 aliphatic carbocycles. The molecule has 1 aromatic heterocycles. The van der Waals surface area contributed by atoms with Crippen molar-refractivity contribution in [2.24, 2.45) is 0 Å². The summed E-state index contributed by atoms with van der Waals surface area (Å²) in [6, 6.07) is -0.0400. The number of hydrogen-bond acceptors (Lipinski definition) is 3. The van der Waals surface area contributed by atoms with Crippen molar-refractivity contribution in [2.45, 2.75) is 37.9 Å². The first kappa shape index (κ1) is 10.4. The van der Waals surface area contributed by atoms with Gasteiger partial charge in [0.15, 0.2) is 5.13 Å². The molecule has 0 unspecified atom stereocenters. The summed E-state index contributed by atoms with van der Waals surface area (Å²) in [5, 5.41) is 3.97. The molecule has 0 saturated heterocycles. The van der Waals surface area contributed by atoms with Gasteiger partial charge in [-0.15, -0.1) is 0 Å². The Morgan fingerprint density at radius 2 is 2.29 bits per heavy atom. The maximum absolute atomic E-state index is 13.4. The van der Waals surface area contributed by atoms with E-state index in [-0.39, 0.29) is 6.04 Å². The van der Waals surface area contributed by atoms with E-state index in [1.165, 1.54) is 11.3 Å². The van der Waals surface area contributed by atoms with E-state index in [9.17, 15) is 4.39 Å². The van der Waals surface area contributed by atoms with Gasteiger partial charge in [0, 0.05) is 0 Å². The van der Waals surface area contributed by atoms with Crippen LogP contribution in [-0.4, -0.2) is 17.2 Å². The van der Waals surface area contributed by atoms with Gasteiger partial charge < -0.3 is 5.32 Å². The third-order valence-corrected chi connectivity index (χ3v) is 3.88. The maximum atomic E-state index is 13.4. The molecule has 2 rings (SSSR count). The molecule has 14 heavy (non-hydrogen) atoms. The minimum atomic E-state index is -0.716. The Balaban J connectivity index is 1.95. The van der Waals surface area contributed by atoms with Crippen LogP contribution >= 0.6 is 27.3 Å². The van der Waals surface area contributed by atoms with E-state index < -0.39 is 6.17 Å². The van der Waals surface area contributed by atoms with Crippen molar-refractivity contribution in [1.82, 2.24) is 4.98 Å². The first-order valence-electron chi connectivity index (χ1n) is 4.77. The van der Waals surface area contributed by atoms with Gasteiger partial charge in [0.25, 0.3) is 0 Å². The second-order valence-corrected chi connectivity index (χ2v) is 5.93. The maximum Gasteiger partial charge on any atom is 0.184 e. The number of alkyl halides is 1. The second kappa shape index (κ2) is 4.57. The standard InChI is InChI=1S/C9H12BrFN2S/c10-8-5-12-9(14-8)13-7-4-2-1-3-6(7)11/h5-7H,1-4H2,(H,12,13)/t6-,7-/m1/s1. The minimum Gasteiger partial charge on any atom is -0.356 e. The molecule has 0 aromatic carbocycles. The Morgan fingerprint density at radius 1 is 1.50 bits per heavy atom. The molecule has 0 radical (unpaired) electrons. The lowest BCUT2D eigenvalue weighted by atomic mass is 9.94. The Bertz CT molecular complexity index is 305. The van der Waals surface area contributed by atoms with E-state index in [4.69, 9.17) is 0 Å². The molecule has 1 N–H and O–H groups in total. The molecule has 5 heteroatoms. The molecule has 1 fully saturated rings. The van der Waals surface area contributed by atoms with Crippen LogP contribution in [0.1, 0.15) is 25.7 Å². The second-order valence-electron chi connectivity index (χ2n) is 3.52. The van der Waals surface area contributed by atoms with Crippen LogP contribution in [-0.2, 0) is 0 Å². The van der Waals surface area contributed by atoms with Crippen molar-refractivity contribution in [3.8, 4) is 0 Å². The largest absolute Gasteiger partial charge is 0.356 e. The number of nitrogens with zero attached hydrogens (tertiary/aromatic N) is 1. The van der Waals surface area contributed by atoms with Gasteiger partial charge in [0.1, 0.15) is 6.17 Å². The summed E-state index contributed by atoms with van der Waals surface area (Å²) < 4.78 is 14.4. The molecule has 1 heterocycles. The van der Waals surface area contributed by atoms with Crippen LogP contribution in [0.3, 0.4) is 0 Å². The highest BCUT2D eigenvalue weighted by atomic mass is 79.9. The van der Waals surface area contributed by atoms with Gasteiger partial charge in [-0.2, -0.15) is 0 Å². The molecule has 1 aliphatic rings. The van der Waals surface area contributed by atoms with Gasteiger partial charge in [0.05, 0.1) is 16.0 Å². The van der Waals surface area contributed by atoms with Crippen LogP contribution in [0.4, 0.5) is 9.52 Å². The highest BCUT2D eigenvalue weighted by Gasteiger charge is 2.24. The Hall–Kier alpha value is -0.160. The van der Waals surface area contributed by atoms with Crippen LogP contribution in [0.15, 0.2) is 9.98 Å². The monoisotopic (exact) mass is 278 g/mol. The average Bonchev–Trinajstić information content (AvgIpc) is 2.56. The lowest BCUT2D eigenvalue weighted by Crippen LogP contribution is -2.33. The zero-order valence-corrected chi connectivity index (χ0v) is 10.1. The fraction of sp³-hybridized carbons (Fsp3) is 0.667. The van der Waals surface area contributed by atoms with Crippen LogP contribution in [0.5, 0.6) is 0 Å². The average molecular weight is 279 g/mol. The number of hydrogen-bond donors (Lipinski definition) is 1. The predicted octanol–water partition coefficient (Wildman–Crippen LogP) is 3.60. The molecular weight excluding hydrogens is 267 g/mol. The first-order chi connectivity index (χ1) is 6.75. The molecule has 1 aromatic rings. The van der Waals surface area contributed by atoms with Crippen molar-refractivity contribution in [1.29, 1.82) is 0 Å². The van der Waals surface area contributed by atoms with Crippen LogP contribution in [0.25, 0.3) is 0 Å². The first-order valence-corrected chi connectivity index (χ1v) is 6.38. The Morgan fingerprint density at radius 3 is 2.93 bits per heavy atom.